The van der Waals surface area contributed by atoms with Crippen molar-refractivity contribution in [2.24, 2.45) is 0 Å². The van der Waals surface area contributed by atoms with Crippen LogP contribution in [0.1, 0.15) is 76.3 Å². The Bertz CT molecular complexity index is 1180. The molecule has 0 radical (unpaired) electrons. The van der Waals surface area contributed by atoms with Gasteiger partial charge in [-0.3, -0.25) is 9.69 Å². The second-order valence-electron chi connectivity index (χ2n) is 12.0. The van der Waals surface area contributed by atoms with Crippen LogP contribution in [0, 0.1) is 0 Å². The first-order valence-corrected chi connectivity index (χ1v) is 15.2. The lowest BCUT2D eigenvalue weighted by Gasteiger charge is -2.39. The lowest BCUT2D eigenvalue weighted by atomic mass is 9.77. The Morgan fingerprint density at radius 3 is 2.62 bits per heavy atom. The molecule has 1 aliphatic carbocycles. The topological polar surface area (TPSA) is 115 Å². The van der Waals surface area contributed by atoms with Gasteiger partial charge in [0.25, 0.3) is 0 Å². The summed E-state index contributed by atoms with van der Waals surface area (Å²) in [5.41, 5.74) is -1.24. The summed E-state index contributed by atoms with van der Waals surface area (Å²) in [6, 6.07) is 4.04. The van der Waals surface area contributed by atoms with Crippen LogP contribution in [0.4, 0.5) is 0 Å². The summed E-state index contributed by atoms with van der Waals surface area (Å²) in [6.07, 6.45) is 4.40. The number of hydrogen-bond acceptors (Lipinski definition) is 10. The fourth-order valence-corrected chi connectivity index (χ4v) is 7.51. The maximum absolute atomic E-state index is 13.9. The van der Waals surface area contributed by atoms with Crippen molar-refractivity contribution < 1.29 is 38.7 Å². The molecular formula is C30H41NO8S. The maximum atomic E-state index is 13.9. The molecule has 0 amide bonds. The van der Waals surface area contributed by atoms with E-state index in [4.69, 9.17) is 18.9 Å². The molecule has 1 spiro atoms. The van der Waals surface area contributed by atoms with Crippen LogP contribution in [0.2, 0.25) is 0 Å². The van der Waals surface area contributed by atoms with Crippen molar-refractivity contribution in [2.75, 3.05) is 32.7 Å². The van der Waals surface area contributed by atoms with Gasteiger partial charge in [-0.05, 0) is 94.0 Å². The zero-order chi connectivity index (χ0) is 28.7. The molecule has 0 bridgehead atoms. The van der Waals surface area contributed by atoms with Crippen LogP contribution in [-0.4, -0.2) is 81.8 Å². The Hall–Kier alpha value is -2.27. The molecule has 5 rings (SSSR count). The Morgan fingerprint density at radius 1 is 1.18 bits per heavy atom. The largest absolute Gasteiger partial charge is 0.497 e. The fraction of sp³-hybridized carbons (Fsp3) is 0.667. The van der Waals surface area contributed by atoms with E-state index in [1.807, 2.05) is 19.1 Å². The van der Waals surface area contributed by atoms with Crippen molar-refractivity contribution in [1.29, 1.82) is 0 Å². The van der Waals surface area contributed by atoms with Crippen molar-refractivity contribution in [3.8, 4) is 11.5 Å². The van der Waals surface area contributed by atoms with Gasteiger partial charge in [0.1, 0.15) is 5.76 Å². The van der Waals surface area contributed by atoms with Gasteiger partial charge >= 0.3 is 5.97 Å². The molecular weight excluding hydrogens is 534 g/mol. The summed E-state index contributed by atoms with van der Waals surface area (Å²) < 4.78 is 23.5. The number of ether oxygens (including phenoxy) is 4. The number of thioether (sulfide) groups is 1. The number of hydrogen-bond donors (Lipinski definition) is 2. The highest BCUT2D eigenvalue weighted by molar-refractivity contribution is 8.13. The van der Waals surface area contributed by atoms with Crippen LogP contribution in [-0.2, 0) is 25.5 Å². The lowest BCUT2D eigenvalue weighted by molar-refractivity contribution is -0.175. The minimum absolute atomic E-state index is 0.00178. The Kier molecular flexibility index (Phi) is 8.18. The van der Waals surface area contributed by atoms with Gasteiger partial charge in [0, 0.05) is 6.54 Å². The molecule has 1 aromatic rings. The van der Waals surface area contributed by atoms with Gasteiger partial charge in [-0.2, -0.15) is 0 Å². The van der Waals surface area contributed by atoms with Crippen molar-refractivity contribution in [3.63, 3.8) is 0 Å². The predicted octanol–water partition coefficient (Wildman–Crippen LogP) is 3.69. The number of nitrogens with zero attached hydrogens (tertiary/aromatic N) is 1. The van der Waals surface area contributed by atoms with Gasteiger partial charge in [0.05, 0.1) is 30.6 Å². The molecule has 0 saturated carbocycles. The van der Waals surface area contributed by atoms with Crippen LogP contribution >= 0.6 is 11.8 Å². The highest BCUT2D eigenvalue weighted by Gasteiger charge is 2.59. The van der Waals surface area contributed by atoms with Crippen LogP contribution in [0.15, 0.2) is 24.0 Å². The molecule has 1 saturated heterocycles. The van der Waals surface area contributed by atoms with E-state index < -0.39 is 28.8 Å². The van der Waals surface area contributed by atoms with E-state index in [0.29, 0.717) is 30.1 Å². The third-order valence-corrected chi connectivity index (χ3v) is 9.45. The highest BCUT2D eigenvalue weighted by atomic mass is 32.2. The van der Waals surface area contributed by atoms with Gasteiger partial charge in [0.15, 0.2) is 28.3 Å². The summed E-state index contributed by atoms with van der Waals surface area (Å²) in [4.78, 5) is 29.0. The van der Waals surface area contributed by atoms with Crippen LogP contribution in [0.3, 0.4) is 0 Å². The van der Waals surface area contributed by atoms with E-state index in [1.165, 1.54) is 0 Å². The molecule has 1 unspecified atom stereocenters. The summed E-state index contributed by atoms with van der Waals surface area (Å²) in [5.74, 6) is 1.36. The summed E-state index contributed by atoms with van der Waals surface area (Å²) in [5, 5.41) is 21.6. The van der Waals surface area contributed by atoms with E-state index >= 15 is 0 Å². The molecule has 10 heteroatoms. The fourth-order valence-electron chi connectivity index (χ4n) is 6.85. The van der Waals surface area contributed by atoms with E-state index in [9.17, 15) is 19.8 Å². The normalized spacial score (nSPS) is 26.7. The Morgan fingerprint density at radius 2 is 1.93 bits per heavy atom. The molecule has 3 aliphatic heterocycles. The number of aliphatic hydroxyl groups is 2. The third kappa shape index (κ3) is 5.47. The first kappa shape index (κ1) is 29.2. The van der Waals surface area contributed by atoms with Crippen molar-refractivity contribution in [2.45, 2.75) is 94.5 Å². The molecule has 3 heterocycles. The van der Waals surface area contributed by atoms with Gasteiger partial charge in [-0.25, -0.2) is 4.79 Å². The molecule has 1 aromatic carbocycles. The second-order valence-corrected chi connectivity index (χ2v) is 13.3. The van der Waals surface area contributed by atoms with Gasteiger partial charge < -0.3 is 29.2 Å². The van der Waals surface area contributed by atoms with Crippen molar-refractivity contribution in [3.05, 3.63) is 35.1 Å². The molecule has 9 nitrogen and oxygen atoms in total. The minimum atomic E-state index is -2.02. The van der Waals surface area contributed by atoms with E-state index in [1.54, 1.807) is 21.0 Å². The van der Waals surface area contributed by atoms with E-state index in [-0.39, 0.29) is 30.7 Å². The quantitative estimate of drug-likeness (QED) is 0.401. The third-order valence-electron chi connectivity index (χ3n) is 8.70. The lowest BCUT2D eigenvalue weighted by Crippen LogP contribution is -2.49. The molecule has 40 heavy (non-hydrogen) atoms. The van der Waals surface area contributed by atoms with Crippen molar-refractivity contribution in [1.82, 2.24) is 4.90 Å². The minimum Gasteiger partial charge on any atom is -0.497 e. The summed E-state index contributed by atoms with van der Waals surface area (Å²) in [6.45, 7) is 7.15. The molecule has 1 fully saturated rings. The average molecular weight is 576 g/mol. The number of carbonyl (C=O) groups is 2. The summed E-state index contributed by atoms with van der Waals surface area (Å²) in [7, 11) is 1.57. The highest BCUT2D eigenvalue weighted by Crippen LogP contribution is 2.55. The first-order chi connectivity index (χ1) is 19.0. The predicted molar refractivity (Wildman–Crippen MR) is 150 cm³/mol. The number of esters is 1. The smallest absolute Gasteiger partial charge is 0.339 e. The monoisotopic (exact) mass is 575 g/mol. The number of carbonyl (C=O) groups excluding carboxylic acids is 2. The second kappa shape index (κ2) is 11.2. The van der Waals surface area contributed by atoms with E-state index in [2.05, 4.69) is 11.0 Å². The number of benzene rings is 1. The maximum Gasteiger partial charge on any atom is 0.339 e. The molecule has 4 atom stereocenters. The standard InChI is InChI=1S/C30H41NO8S/c1-5-40-24(32)17-30(35,11-6-9-28(2,3)34)27(33)39-26-23(36-4)16-29-10-7-12-31(29)13-8-19-14-21-22(38-18-37-21)15-20(19)25(26)29/h14-16,25-26,34-35H,5-13,17-18H2,1-4H3/t25-,26?,29-,30+/m1/s1. The van der Waals surface area contributed by atoms with Gasteiger partial charge in [-0.15, -0.1) is 0 Å². The van der Waals surface area contributed by atoms with Crippen LogP contribution < -0.4 is 9.47 Å². The zero-order valence-electron chi connectivity index (χ0n) is 23.9. The van der Waals surface area contributed by atoms with Crippen LogP contribution in [0.5, 0.6) is 11.5 Å². The van der Waals surface area contributed by atoms with E-state index in [0.717, 1.165) is 61.0 Å². The summed E-state index contributed by atoms with van der Waals surface area (Å²) >= 11 is 1.07. The zero-order valence-corrected chi connectivity index (χ0v) is 24.7. The first-order valence-electron chi connectivity index (χ1n) is 14.3. The average Bonchev–Trinajstić information content (AvgIpc) is 3.57. The van der Waals surface area contributed by atoms with Gasteiger partial charge in [0.2, 0.25) is 6.79 Å². The SMILES string of the molecule is CCSC(=O)C[C@@](O)(CCCC(C)(C)O)C(=O)OC1C(OC)=C[C@@]23CCCN2CCc2cc4c(cc2[C@H]13)OCO4. The van der Waals surface area contributed by atoms with Crippen LogP contribution in [0.25, 0.3) is 0 Å². The molecule has 4 aliphatic rings. The van der Waals surface area contributed by atoms with Crippen molar-refractivity contribution >= 4 is 22.8 Å². The number of fused-ring (bicyclic) bond motifs is 3. The Labute approximate surface area is 240 Å². The molecule has 220 valence electrons. The molecule has 0 aromatic heterocycles. The number of rotatable bonds is 10. The molecule has 2 N–H and O–H groups in total. The van der Waals surface area contributed by atoms with Gasteiger partial charge in [-0.1, -0.05) is 18.7 Å². The number of methoxy groups -OCH3 is 1. The Balaban J connectivity index is 1.49.